The summed E-state index contributed by atoms with van der Waals surface area (Å²) in [6.07, 6.45) is 0. The second-order valence-corrected chi connectivity index (χ2v) is 4.90. The highest BCUT2D eigenvalue weighted by Crippen LogP contribution is 2.19. The molecule has 2 rings (SSSR count). The van der Waals surface area contributed by atoms with Crippen LogP contribution < -0.4 is 15.4 Å². The number of hydrogen-bond donors (Lipinski definition) is 2. The Hall–Kier alpha value is -2.89. The first-order chi connectivity index (χ1) is 11.0. The Balaban J connectivity index is 2.02. The number of carbonyl (C=O) groups excluding carboxylic acids is 2. The molecule has 0 radical (unpaired) electrons. The summed E-state index contributed by atoms with van der Waals surface area (Å²) in [6.45, 7) is 1.56. The lowest BCUT2D eigenvalue weighted by Crippen LogP contribution is -2.23. The molecule has 6 heteroatoms. The molecule has 0 fully saturated rings. The zero-order valence-corrected chi connectivity index (χ0v) is 12.9. The van der Waals surface area contributed by atoms with Crippen molar-refractivity contribution in [3.05, 3.63) is 59.4 Å². The quantitative estimate of drug-likeness (QED) is 0.891. The minimum atomic E-state index is -0.394. The van der Waals surface area contributed by atoms with E-state index in [1.54, 1.807) is 24.3 Å². The van der Waals surface area contributed by atoms with Gasteiger partial charge in [0.1, 0.15) is 11.6 Å². The van der Waals surface area contributed by atoms with E-state index < -0.39 is 5.82 Å². The van der Waals surface area contributed by atoms with Crippen LogP contribution in [0.2, 0.25) is 0 Å². The molecule has 0 heterocycles. The van der Waals surface area contributed by atoms with E-state index in [0.29, 0.717) is 22.6 Å². The first kappa shape index (κ1) is 16.5. The number of hydrogen-bond acceptors (Lipinski definition) is 3. The molecular formula is C17H17FN2O3. The van der Waals surface area contributed by atoms with Crippen LogP contribution in [-0.4, -0.2) is 18.9 Å². The number of anilines is 1. The summed E-state index contributed by atoms with van der Waals surface area (Å²) in [7, 11) is 1.49. The molecule has 2 aromatic rings. The molecule has 0 unspecified atom stereocenters. The van der Waals surface area contributed by atoms with Gasteiger partial charge in [0, 0.05) is 30.3 Å². The molecule has 2 amide bonds. The van der Waals surface area contributed by atoms with Crippen LogP contribution >= 0.6 is 0 Å². The maximum Gasteiger partial charge on any atom is 0.251 e. The normalized spacial score (nSPS) is 10.0. The number of rotatable bonds is 5. The van der Waals surface area contributed by atoms with Gasteiger partial charge < -0.3 is 15.4 Å². The smallest absolute Gasteiger partial charge is 0.251 e. The number of ether oxygens (including phenoxy) is 1. The third-order valence-corrected chi connectivity index (χ3v) is 3.15. The molecule has 2 N–H and O–H groups in total. The zero-order chi connectivity index (χ0) is 16.8. The van der Waals surface area contributed by atoms with Gasteiger partial charge in [-0.2, -0.15) is 0 Å². The molecule has 0 aliphatic carbocycles. The number of methoxy groups -OCH3 is 1. The second-order valence-electron chi connectivity index (χ2n) is 4.90. The van der Waals surface area contributed by atoms with Crippen LogP contribution in [0.3, 0.4) is 0 Å². The Bertz CT molecular complexity index is 714. The Morgan fingerprint density at radius 2 is 1.83 bits per heavy atom. The van der Waals surface area contributed by atoms with E-state index in [0.717, 1.165) is 0 Å². The van der Waals surface area contributed by atoms with Gasteiger partial charge in [-0.3, -0.25) is 9.59 Å². The Morgan fingerprint density at radius 3 is 2.43 bits per heavy atom. The number of benzene rings is 2. The van der Waals surface area contributed by atoms with E-state index in [9.17, 15) is 14.0 Å². The van der Waals surface area contributed by atoms with E-state index >= 15 is 0 Å². The Labute approximate surface area is 133 Å². The minimum absolute atomic E-state index is 0.146. The summed E-state index contributed by atoms with van der Waals surface area (Å²) in [5, 5.41) is 5.33. The van der Waals surface area contributed by atoms with Crippen LogP contribution in [0.15, 0.2) is 42.5 Å². The molecule has 2 aromatic carbocycles. The van der Waals surface area contributed by atoms with Gasteiger partial charge in [0.05, 0.1) is 7.11 Å². The van der Waals surface area contributed by atoms with Crippen LogP contribution in [0, 0.1) is 5.82 Å². The van der Waals surface area contributed by atoms with E-state index in [1.807, 2.05) is 0 Å². The van der Waals surface area contributed by atoms with Gasteiger partial charge in [-0.05, 0) is 42.5 Å². The monoisotopic (exact) mass is 316 g/mol. The molecule has 23 heavy (non-hydrogen) atoms. The van der Waals surface area contributed by atoms with E-state index in [4.69, 9.17) is 4.74 Å². The topological polar surface area (TPSA) is 67.4 Å². The van der Waals surface area contributed by atoms with Gasteiger partial charge in [-0.15, -0.1) is 0 Å². The minimum Gasteiger partial charge on any atom is -0.496 e. The molecule has 0 saturated heterocycles. The summed E-state index contributed by atoms with van der Waals surface area (Å²) >= 11 is 0. The Kier molecular flexibility index (Phi) is 5.30. The molecule has 0 spiro atoms. The first-order valence-electron chi connectivity index (χ1n) is 6.98. The highest BCUT2D eigenvalue weighted by Gasteiger charge is 2.09. The largest absolute Gasteiger partial charge is 0.496 e. The van der Waals surface area contributed by atoms with Gasteiger partial charge >= 0.3 is 0 Å². The third-order valence-electron chi connectivity index (χ3n) is 3.15. The maximum atomic E-state index is 13.3. The number of carbonyl (C=O) groups is 2. The van der Waals surface area contributed by atoms with Crippen LogP contribution in [-0.2, 0) is 11.3 Å². The fourth-order valence-corrected chi connectivity index (χ4v) is 2.07. The highest BCUT2D eigenvalue weighted by molar-refractivity contribution is 5.95. The van der Waals surface area contributed by atoms with Crippen molar-refractivity contribution in [1.29, 1.82) is 0 Å². The van der Waals surface area contributed by atoms with Gasteiger partial charge in [0.2, 0.25) is 5.91 Å². The molecule has 5 nitrogen and oxygen atoms in total. The maximum absolute atomic E-state index is 13.3. The fraction of sp³-hybridized carbons (Fsp3) is 0.176. The summed E-state index contributed by atoms with van der Waals surface area (Å²) in [5.41, 5.74) is 1.60. The molecule has 0 aliphatic rings. The van der Waals surface area contributed by atoms with E-state index in [2.05, 4.69) is 10.6 Å². The first-order valence-corrected chi connectivity index (χ1v) is 6.98. The van der Waals surface area contributed by atoms with Crippen molar-refractivity contribution in [2.24, 2.45) is 0 Å². The average Bonchev–Trinajstić information content (AvgIpc) is 2.53. The standard InChI is InChI=1S/C17H17FN2O3/c1-11(21)20-15-6-3-12(4-7-15)17(22)19-10-13-9-14(18)5-8-16(13)23-2/h3-9H,10H2,1-2H3,(H,19,22)(H,20,21). The summed E-state index contributed by atoms with van der Waals surface area (Å²) in [4.78, 5) is 23.0. The van der Waals surface area contributed by atoms with Crippen molar-refractivity contribution >= 4 is 17.5 Å². The van der Waals surface area contributed by atoms with Gasteiger partial charge in [-0.25, -0.2) is 4.39 Å². The molecule has 120 valence electrons. The van der Waals surface area contributed by atoms with E-state index in [1.165, 1.54) is 32.2 Å². The molecule has 0 saturated carbocycles. The van der Waals surface area contributed by atoms with Crippen molar-refractivity contribution in [2.75, 3.05) is 12.4 Å². The van der Waals surface area contributed by atoms with Gasteiger partial charge in [-0.1, -0.05) is 0 Å². The molecule has 0 aromatic heterocycles. The zero-order valence-electron chi connectivity index (χ0n) is 12.9. The van der Waals surface area contributed by atoms with Crippen LogP contribution in [0.25, 0.3) is 0 Å². The second kappa shape index (κ2) is 7.40. The predicted octanol–water partition coefficient (Wildman–Crippen LogP) is 2.72. The highest BCUT2D eigenvalue weighted by atomic mass is 19.1. The average molecular weight is 316 g/mol. The molecular weight excluding hydrogens is 299 g/mol. The lowest BCUT2D eigenvalue weighted by atomic mass is 10.1. The van der Waals surface area contributed by atoms with Gasteiger partial charge in [0.25, 0.3) is 5.91 Å². The number of halogens is 1. The number of nitrogens with one attached hydrogen (secondary N) is 2. The molecule has 0 bridgehead atoms. The van der Waals surface area contributed by atoms with Gasteiger partial charge in [0.15, 0.2) is 0 Å². The van der Waals surface area contributed by atoms with Crippen molar-refractivity contribution < 1.29 is 18.7 Å². The van der Waals surface area contributed by atoms with Crippen molar-refractivity contribution in [3.63, 3.8) is 0 Å². The molecule has 0 atom stereocenters. The SMILES string of the molecule is COc1ccc(F)cc1CNC(=O)c1ccc(NC(C)=O)cc1. The number of amides is 2. The van der Waals surface area contributed by atoms with Crippen molar-refractivity contribution in [3.8, 4) is 5.75 Å². The predicted molar refractivity (Wildman–Crippen MR) is 84.9 cm³/mol. The Morgan fingerprint density at radius 1 is 1.13 bits per heavy atom. The lowest BCUT2D eigenvalue weighted by Gasteiger charge is -2.10. The van der Waals surface area contributed by atoms with Crippen LogP contribution in [0.1, 0.15) is 22.8 Å². The van der Waals surface area contributed by atoms with Crippen LogP contribution in [0.5, 0.6) is 5.75 Å². The van der Waals surface area contributed by atoms with Crippen molar-refractivity contribution in [1.82, 2.24) is 5.32 Å². The summed E-state index contributed by atoms with van der Waals surface area (Å²) in [5.74, 6) is -0.367. The van der Waals surface area contributed by atoms with Crippen LogP contribution in [0.4, 0.5) is 10.1 Å². The lowest BCUT2D eigenvalue weighted by molar-refractivity contribution is -0.114. The van der Waals surface area contributed by atoms with Crippen molar-refractivity contribution in [2.45, 2.75) is 13.5 Å². The summed E-state index contributed by atoms with van der Waals surface area (Å²) < 4.78 is 18.4. The third kappa shape index (κ3) is 4.54. The fourth-order valence-electron chi connectivity index (χ4n) is 2.07. The van der Waals surface area contributed by atoms with E-state index in [-0.39, 0.29) is 18.4 Å². The molecule has 0 aliphatic heterocycles. The summed E-state index contributed by atoms with van der Waals surface area (Å²) in [6, 6.07) is 10.6.